The summed E-state index contributed by atoms with van der Waals surface area (Å²) in [5, 5.41) is 0. The first kappa shape index (κ1) is 20.3. The molecule has 4 fully saturated rings. The lowest BCUT2D eigenvalue weighted by atomic mass is 9.44. The van der Waals surface area contributed by atoms with Crippen molar-refractivity contribution < 1.29 is 14.3 Å². The maximum absolute atomic E-state index is 12.7. The van der Waals surface area contributed by atoms with Crippen molar-refractivity contribution in [2.24, 2.45) is 40.4 Å². The fraction of sp³-hybridized carbons (Fsp3) is 0.704. The van der Waals surface area contributed by atoms with Crippen molar-refractivity contribution in [3.05, 3.63) is 35.9 Å². The van der Waals surface area contributed by atoms with E-state index in [4.69, 9.17) is 4.74 Å². The molecule has 0 N–H and O–H groups in total. The number of hydrogen-bond acceptors (Lipinski definition) is 3. The van der Waals surface area contributed by atoms with Crippen LogP contribution in [0.15, 0.2) is 30.3 Å². The van der Waals surface area contributed by atoms with Crippen molar-refractivity contribution in [1.82, 2.24) is 0 Å². The van der Waals surface area contributed by atoms with E-state index in [1.54, 1.807) is 0 Å². The van der Waals surface area contributed by atoms with Crippen molar-refractivity contribution in [2.45, 2.75) is 78.2 Å². The van der Waals surface area contributed by atoms with Crippen LogP contribution in [-0.4, -0.2) is 17.9 Å². The van der Waals surface area contributed by atoms with E-state index >= 15 is 0 Å². The molecule has 3 nitrogen and oxygen atoms in total. The number of hydrogen-bond donors (Lipinski definition) is 0. The summed E-state index contributed by atoms with van der Waals surface area (Å²) in [5.41, 5.74) is 0.933. The highest BCUT2D eigenvalue weighted by Crippen LogP contribution is 2.66. The molecule has 8 atom stereocenters. The molecule has 1 aromatic rings. The van der Waals surface area contributed by atoms with Crippen molar-refractivity contribution in [3.8, 4) is 0 Å². The SMILES string of the molecule is CC1CC2(C)C(CCC3C4CCC(=O)C4(C)CCC32)CC1OC(=O)c1ccccc1. The maximum atomic E-state index is 12.7. The maximum Gasteiger partial charge on any atom is 0.338 e. The van der Waals surface area contributed by atoms with E-state index in [-0.39, 0.29) is 17.5 Å². The molecule has 5 rings (SSSR count). The van der Waals surface area contributed by atoms with Crippen LogP contribution in [0.3, 0.4) is 0 Å². The Hall–Kier alpha value is -1.64. The number of Topliss-reactive ketones (excluding diaryl/α,β-unsaturated/α-hetero) is 1. The number of benzene rings is 1. The van der Waals surface area contributed by atoms with Crippen LogP contribution in [-0.2, 0) is 9.53 Å². The van der Waals surface area contributed by atoms with Gasteiger partial charge < -0.3 is 4.74 Å². The summed E-state index contributed by atoms with van der Waals surface area (Å²) < 4.78 is 6.04. The molecule has 1 aromatic carbocycles. The molecular formula is C27H36O3. The molecule has 0 aliphatic heterocycles. The molecule has 0 heterocycles. The largest absolute Gasteiger partial charge is 0.458 e. The Labute approximate surface area is 181 Å². The zero-order chi connectivity index (χ0) is 21.1. The van der Waals surface area contributed by atoms with Gasteiger partial charge in [-0.2, -0.15) is 0 Å². The number of esters is 1. The van der Waals surface area contributed by atoms with Crippen LogP contribution in [0, 0.1) is 40.4 Å². The molecule has 0 radical (unpaired) electrons. The Morgan fingerprint density at radius 2 is 1.80 bits per heavy atom. The fourth-order valence-corrected chi connectivity index (χ4v) is 8.29. The topological polar surface area (TPSA) is 43.4 Å². The molecule has 8 unspecified atom stereocenters. The van der Waals surface area contributed by atoms with E-state index in [1.165, 1.54) is 19.3 Å². The highest BCUT2D eigenvalue weighted by molar-refractivity contribution is 5.89. The van der Waals surface area contributed by atoms with Crippen LogP contribution in [0.4, 0.5) is 0 Å². The average molecular weight is 409 g/mol. The molecule has 0 saturated heterocycles. The third-order valence-electron chi connectivity index (χ3n) is 9.96. The monoisotopic (exact) mass is 408 g/mol. The summed E-state index contributed by atoms with van der Waals surface area (Å²) in [5.74, 6) is 3.41. The lowest BCUT2D eigenvalue weighted by Gasteiger charge is -2.61. The quantitative estimate of drug-likeness (QED) is 0.558. The lowest BCUT2D eigenvalue weighted by Crippen LogP contribution is -2.55. The molecule has 4 saturated carbocycles. The summed E-state index contributed by atoms with van der Waals surface area (Å²) in [7, 11) is 0. The van der Waals surface area contributed by atoms with E-state index in [1.807, 2.05) is 30.3 Å². The Morgan fingerprint density at radius 3 is 2.57 bits per heavy atom. The van der Waals surface area contributed by atoms with Gasteiger partial charge in [0.05, 0.1) is 5.56 Å². The predicted molar refractivity (Wildman–Crippen MR) is 117 cm³/mol. The van der Waals surface area contributed by atoms with Crippen molar-refractivity contribution >= 4 is 11.8 Å². The Kier molecular flexibility index (Phi) is 4.87. The summed E-state index contributed by atoms with van der Waals surface area (Å²) in [6.07, 6.45) is 8.86. The first-order valence-electron chi connectivity index (χ1n) is 12.1. The minimum Gasteiger partial charge on any atom is -0.458 e. The molecule has 0 aromatic heterocycles. The van der Waals surface area contributed by atoms with Gasteiger partial charge in [0.15, 0.2) is 0 Å². The summed E-state index contributed by atoms with van der Waals surface area (Å²) >= 11 is 0. The van der Waals surface area contributed by atoms with Gasteiger partial charge in [0.1, 0.15) is 11.9 Å². The van der Waals surface area contributed by atoms with Gasteiger partial charge in [0, 0.05) is 11.8 Å². The number of ether oxygens (including phenoxy) is 1. The normalized spacial score (nSPS) is 45.2. The van der Waals surface area contributed by atoms with E-state index in [2.05, 4.69) is 20.8 Å². The third kappa shape index (κ3) is 2.99. The third-order valence-corrected chi connectivity index (χ3v) is 9.96. The first-order chi connectivity index (χ1) is 14.3. The number of carbonyl (C=O) groups excluding carboxylic acids is 2. The van der Waals surface area contributed by atoms with Gasteiger partial charge in [-0.05, 0) is 92.1 Å². The molecule has 4 aliphatic carbocycles. The summed E-state index contributed by atoms with van der Waals surface area (Å²) in [6, 6.07) is 9.39. The van der Waals surface area contributed by atoms with Gasteiger partial charge in [0.2, 0.25) is 0 Å². The van der Waals surface area contributed by atoms with Crippen LogP contribution in [0.2, 0.25) is 0 Å². The van der Waals surface area contributed by atoms with Crippen molar-refractivity contribution in [2.75, 3.05) is 0 Å². The second kappa shape index (κ2) is 7.21. The van der Waals surface area contributed by atoms with Gasteiger partial charge in [-0.3, -0.25) is 4.79 Å². The smallest absolute Gasteiger partial charge is 0.338 e. The van der Waals surface area contributed by atoms with Crippen LogP contribution in [0.5, 0.6) is 0 Å². The molecule has 0 amide bonds. The van der Waals surface area contributed by atoms with Crippen LogP contribution in [0.25, 0.3) is 0 Å². The Morgan fingerprint density at radius 1 is 1.03 bits per heavy atom. The van der Waals surface area contributed by atoms with E-state index < -0.39 is 0 Å². The van der Waals surface area contributed by atoms with Gasteiger partial charge >= 0.3 is 5.97 Å². The Balaban J connectivity index is 1.33. The highest BCUT2D eigenvalue weighted by atomic mass is 16.5. The zero-order valence-electron chi connectivity index (χ0n) is 18.7. The standard InChI is InChI=1S/C27H36O3/c1-17-16-27(3)19(15-23(17)30-25(29)18-7-5-4-6-8-18)9-10-20-21-11-12-24(28)26(21,2)14-13-22(20)27/h4-8,17,19-23H,9-16H2,1-3H3. The lowest BCUT2D eigenvalue weighted by molar-refractivity contribution is -0.148. The zero-order valence-corrected chi connectivity index (χ0v) is 18.7. The predicted octanol–water partition coefficient (Wildman–Crippen LogP) is 6.07. The summed E-state index contributed by atoms with van der Waals surface area (Å²) in [6.45, 7) is 7.07. The van der Waals surface area contributed by atoms with E-state index in [9.17, 15) is 9.59 Å². The minimum atomic E-state index is -0.178. The van der Waals surface area contributed by atoms with Gasteiger partial charge in [-0.15, -0.1) is 0 Å². The molecule has 0 bridgehead atoms. The molecule has 0 spiro atoms. The number of ketones is 1. The van der Waals surface area contributed by atoms with Crippen molar-refractivity contribution in [1.29, 1.82) is 0 Å². The first-order valence-corrected chi connectivity index (χ1v) is 12.1. The molecule has 30 heavy (non-hydrogen) atoms. The van der Waals surface area contributed by atoms with Crippen LogP contribution >= 0.6 is 0 Å². The van der Waals surface area contributed by atoms with E-state index in [0.717, 1.165) is 38.0 Å². The number of rotatable bonds is 2. The second-order valence-corrected chi connectivity index (χ2v) is 11.3. The second-order valence-electron chi connectivity index (χ2n) is 11.3. The molecule has 162 valence electrons. The number of carbonyl (C=O) groups is 2. The number of fused-ring (bicyclic) bond motifs is 5. The van der Waals surface area contributed by atoms with Crippen LogP contribution < -0.4 is 0 Å². The Bertz CT molecular complexity index is 832. The highest BCUT2D eigenvalue weighted by Gasteiger charge is 2.61. The molecular weight excluding hydrogens is 372 g/mol. The average Bonchev–Trinajstić information content (AvgIpc) is 3.04. The minimum absolute atomic E-state index is 0.0224. The summed E-state index contributed by atoms with van der Waals surface area (Å²) in [4.78, 5) is 25.3. The van der Waals surface area contributed by atoms with Gasteiger partial charge in [-0.1, -0.05) is 39.0 Å². The van der Waals surface area contributed by atoms with Gasteiger partial charge in [-0.25, -0.2) is 4.79 Å². The van der Waals surface area contributed by atoms with E-state index in [0.29, 0.717) is 40.4 Å². The fourth-order valence-electron chi connectivity index (χ4n) is 8.29. The molecule has 4 aliphatic rings. The van der Waals surface area contributed by atoms with Gasteiger partial charge in [0.25, 0.3) is 0 Å². The van der Waals surface area contributed by atoms with Crippen LogP contribution in [0.1, 0.15) is 82.5 Å². The van der Waals surface area contributed by atoms with Crippen molar-refractivity contribution in [3.63, 3.8) is 0 Å². The molecule has 3 heteroatoms.